The second-order valence-electron chi connectivity index (χ2n) is 6.01. The van der Waals surface area contributed by atoms with Crippen molar-refractivity contribution in [1.82, 2.24) is 0 Å². The second kappa shape index (κ2) is 8.19. The van der Waals surface area contributed by atoms with E-state index in [1.165, 1.54) is 0 Å². The largest absolute Gasteiger partial charge is 0.452 e. The van der Waals surface area contributed by atoms with E-state index in [0.29, 0.717) is 11.3 Å². The molecule has 6 nitrogen and oxygen atoms in total. The lowest BCUT2D eigenvalue weighted by Gasteiger charge is -2.13. The van der Waals surface area contributed by atoms with Crippen molar-refractivity contribution in [3.8, 4) is 0 Å². The number of amides is 1. The van der Waals surface area contributed by atoms with Gasteiger partial charge in [-0.3, -0.25) is 4.79 Å². The average molecular weight is 341 g/mol. The number of anilines is 3. The molecule has 0 aliphatic heterocycles. The van der Waals surface area contributed by atoms with Crippen molar-refractivity contribution >= 4 is 28.9 Å². The van der Waals surface area contributed by atoms with E-state index in [0.717, 1.165) is 11.4 Å². The van der Waals surface area contributed by atoms with Gasteiger partial charge in [-0.05, 0) is 48.5 Å². The van der Waals surface area contributed by atoms with Crippen LogP contribution in [0, 0.1) is 0 Å². The van der Waals surface area contributed by atoms with Gasteiger partial charge in [-0.25, -0.2) is 4.79 Å². The predicted molar refractivity (Wildman–Crippen MR) is 100 cm³/mol. The van der Waals surface area contributed by atoms with Gasteiger partial charge in [-0.2, -0.15) is 0 Å². The molecule has 0 atom stereocenters. The summed E-state index contributed by atoms with van der Waals surface area (Å²) in [6.07, 6.45) is 0. The van der Waals surface area contributed by atoms with Gasteiger partial charge in [0.15, 0.2) is 6.61 Å². The van der Waals surface area contributed by atoms with Crippen LogP contribution in [0.3, 0.4) is 0 Å². The summed E-state index contributed by atoms with van der Waals surface area (Å²) in [5.41, 5.74) is 3.08. The van der Waals surface area contributed by atoms with E-state index in [4.69, 9.17) is 4.74 Å². The van der Waals surface area contributed by atoms with Gasteiger partial charge in [0.25, 0.3) is 5.91 Å². The number of hydrogen-bond acceptors (Lipinski definition) is 5. The highest BCUT2D eigenvalue weighted by Crippen LogP contribution is 2.16. The molecular formula is C19H23N3O3. The molecule has 1 amide bonds. The molecule has 2 aromatic rings. The van der Waals surface area contributed by atoms with Crippen molar-refractivity contribution in [2.75, 3.05) is 49.9 Å². The number of nitrogens with zero attached hydrogens (tertiary/aromatic N) is 2. The topological polar surface area (TPSA) is 61.9 Å². The molecule has 25 heavy (non-hydrogen) atoms. The van der Waals surface area contributed by atoms with Gasteiger partial charge in [0, 0.05) is 45.3 Å². The van der Waals surface area contributed by atoms with Crippen LogP contribution in [0.5, 0.6) is 0 Å². The van der Waals surface area contributed by atoms with Crippen molar-refractivity contribution in [2.24, 2.45) is 0 Å². The number of esters is 1. The summed E-state index contributed by atoms with van der Waals surface area (Å²) in [6, 6.07) is 14.4. The molecule has 0 heterocycles. The summed E-state index contributed by atoms with van der Waals surface area (Å²) < 4.78 is 5.05. The number of benzene rings is 2. The normalized spacial score (nSPS) is 10.1. The third-order valence-corrected chi connectivity index (χ3v) is 3.62. The number of carbonyl (C=O) groups excluding carboxylic acids is 2. The van der Waals surface area contributed by atoms with Gasteiger partial charge in [0.1, 0.15) is 0 Å². The van der Waals surface area contributed by atoms with Crippen LogP contribution in [-0.4, -0.2) is 46.7 Å². The van der Waals surface area contributed by atoms with Gasteiger partial charge in [0.05, 0.1) is 5.56 Å². The molecule has 2 rings (SSSR count). The Labute approximate surface area is 148 Å². The molecule has 0 fully saturated rings. The quantitative estimate of drug-likeness (QED) is 0.819. The van der Waals surface area contributed by atoms with Gasteiger partial charge in [0.2, 0.25) is 0 Å². The third-order valence-electron chi connectivity index (χ3n) is 3.62. The predicted octanol–water partition coefficient (Wildman–Crippen LogP) is 2.61. The molecule has 1 N–H and O–H groups in total. The summed E-state index contributed by atoms with van der Waals surface area (Å²) in [5.74, 6) is -0.903. The minimum Gasteiger partial charge on any atom is -0.452 e. The fourth-order valence-corrected chi connectivity index (χ4v) is 2.15. The Bertz CT molecular complexity index is 723. The van der Waals surface area contributed by atoms with Crippen LogP contribution < -0.4 is 15.1 Å². The number of rotatable bonds is 6. The Morgan fingerprint density at radius 2 is 1.32 bits per heavy atom. The van der Waals surface area contributed by atoms with Crippen LogP contribution in [0.2, 0.25) is 0 Å². The summed E-state index contributed by atoms with van der Waals surface area (Å²) >= 11 is 0. The standard InChI is InChI=1S/C19H23N3O3/c1-21(2)16-9-5-14(6-10-16)19(24)25-13-18(23)20-15-7-11-17(12-8-15)22(3)4/h5-12H,13H2,1-4H3,(H,20,23). The van der Waals surface area contributed by atoms with E-state index in [2.05, 4.69) is 5.32 Å². The van der Waals surface area contributed by atoms with Crippen LogP contribution in [0.25, 0.3) is 0 Å². The summed E-state index contributed by atoms with van der Waals surface area (Å²) in [4.78, 5) is 27.8. The lowest BCUT2D eigenvalue weighted by Crippen LogP contribution is -2.21. The van der Waals surface area contributed by atoms with Gasteiger partial charge in [-0.15, -0.1) is 0 Å². The fourth-order valence-electron chi connectivity index (χ4n) is 2.15. The Balaban J connectivity index is 1.85. The highest BCUT2D eigenvalue weighted by Gasteiger charge is 2.11. The Morgan fingerprint density at radius 1 is 0.840 bits per heavy atom. The highest BCUT2D eigenvalue weighted by molar-refractivity contribution is 5.95. The fraction of sp³-hybridized carbons (Fsp3) is 0.263. The van der Waals surface area contributed by atoms with Crippen LogP contribution in [0.15, 0.2) is 48.5 Å². The van der Waals surface area contributed by atoms with Crippen molar-refractivity contribution < 1.29 is 14.3 Å². The smallest absolute Gasteiger partial charge is 0.338 e. The lowest BCUT2D eigenvalue weighted by molar-refractivity contribution is -0.119. The van der Waals surface area contributed by atoms with E-state index >= 15 is 0 Å². The van der Waals surface area contributed by atoms with Gasteiger partial charge < -0.3 is 19.9 Å². The van der Waals surface area contributed by atoms with Crippen molar-refractivity contribution in [2.45, 2.75) is 0 Å². The maximum atomic E-state index is 12.0. The number of hydrogen-bond donors (Lipinski definition) is 1. The number of nitrogens with one attached hydrogen (secondary N) is 1. The van der Waals surface area contributed by atoms with Crippen LogP contribution >= 0.6 is 0 Å². The first kappa shape index (κ1) is 18.3. The Hall–Kier alpha value is -3.02. The molecule has 2 aromatic carbocycles. The van der Waals surface area contributed by atoms with Crippen molar-refractivity contribution in [1.29, 1.82) is 0 Å². The summed E-state index contributed by atoms with van der Waals surface area (Å²) in [7, 11) is 7.72. The molecule has 0 aliphatic carbocycles. The van der Waals surface area contributed by atoms with Gasteiger partial charge >= 0.3 is 5.97 Å². The molecule has 0 unspecified atom stereocenters. The molecule has 0 saturated heterocycles. The molecule has 0 radical (unpaired) electrons. The maximum Gasteiger partial charge on any atom is 0.338 e. The maximum absolute atomic E-state index is 12.0. The van der Waals surface area contributed by atoms with Crippen molar-refractivity contribution in [3.05, 3.63) is 54.1 Å². The number of ether oxygens (including phenoxy) is 1. The van der Waals surface area contributed by atoms with E-state index in [1.807, 2.05) is 62.3 Å². The molecule has 132 valence electrons. The first-order valence-electron chi connectivity index (χ1n) is 7.88. The zero-order chi connectivity index (χ0) is 18.4. The van der Waals surface area contributed by atoms with Crippen LogP contribution in [-0.2, 0) is 9.53 Å². The molecular weight excluding hydrogens is 318 g/mol. The number of carbonyl (C=O) groups is 2. The first-order chi connectivity index (χ1) is 11.9. The zero-order valence-corrected chi connectivity index (χ0v) is 14.9. The Kier molecular flexibility index (Phi) is 6.00. The highest BCUT2D eigenvalue weighted by atomic mass is 16.5. The monoisotopic (exact) mass is 341 g/mol. The van der Waals surface area contributed by atoms with Crippen LogP contribution in [0.1, 0.15) is 10.4 Å². The SMILES string of the molecule is CN(C)c1ccc(NC(=O)COC(=O)c2ccc(N(C)C)cc2)cc1. The molecule has 0 bridgehead atoms. The molecule has 0 aliphatic rings. The first-order valence-corrected chi connectivity index (χ1v) is 7.88. The molecule has 0 saturated carbocycles. The third kappa shape index (κ3) is 5.24. The minimum absolute atomic E-state index is 0.330. The summed E-state index contributed by atoms with van der Waals surface area (Å²) in [5, 5.41) is 2.70. The second-order valence-corrected chi connectivity index (χ2v) is 6.01. The minimum atomic E-state index is -0.525. The lowest BCUT2D eigenvalue weighted by atomic mass is 10.2. The average Bonchev–Trinajstić information content (AvgIpc) is 2.60. The van der Waals surface area contributed by atoms with Crippen LogP contribution in [0.4, 0.5) is 17.1 Å². The van der Waals surface area contributed by atoms with Crippen molar-refractivity contribution in [3.63, 3.8) is 0 Å². The molecule has 0 spiro atoms. The van der Waals surface area contributed by atoms with Gasteiger partial charge in [-0.1, -0.05) is 0 Å². The molecule has 6 heteroatoms. The molecule has 0 aromatic heterocycles. The van der Waals surface area contributed by atoms with E-state index in [-0.39, 0.29) is 12.5 Å². The van der Waals surface area contributed by atoms with E-state index in [1.54, 1.807) is 24.3 Å². The Morgan fingerprint density at radius 3 is 1.80 bits per heavy atom. The zero-order valence-electron chi connectivity index (χ0n) is 14.9. The van der Waals surface area contributed by atoms with E-state index < -0.39 is 5.97 Å². The summed E-state index contributed by atoms with van der Waals surface area (Å²) in [6.45, 7) is -0.330. The van der Waals surface area contributed by atoms with E-state index in [9.17, 15) is 9.59 Å².